The molecule has 0 spiro atoms. The van der Waals surface area contributed by atoms with Crippen LogP contribution in [0.5, 0.6) is 0 Å². The highest BCUT2D eigenvalue weighted by Crippen LogP contribution is 2.15. The average Bonchev–Trinajstić information content (AvgIpc) is 2.71. The summed E-state index contributed by atoms with van der Waals surface area (Å²) in [6.07, 6.45) is 1.68. The van der Waals surface area contributed by atoms with Crippen LogP contribution in [0.3, 0.4) is 0 Å². The maximum Gasteiger partial charge on any atom is 0.327 e. The lowest BCUT2D eigenvalue weighted by molar-refractivity contribution is -0.146. The monoisotopic (exact) mass is 305 g/mol. The van der Waals surface area contributed by atoms with Gasteiger partial charge in [0.15, 0.2) is 0 Å². The highest BCUT2D eigenvalue weighted by molar-refractivity contribution is 5.85. The molecule has 0 fully saturated rings. The van der Waals surface area contributed by atoms with Gasteiger partial charge in [-0.15, -0.1) is 24.8 Å². The van der Waals surface area contributed by atoms with Gasteiger partial charge in [0.1, 0.15) is 5.54 Å². The number of carbonyl (C=O) groups is 1. The number of esters is 1. The summed E-state index contributed by atoms with van der Waals surface area (Å²) in [5, 5.41) is 0. The van der Waals surface area contributed by atoms with Gasteiger partial charge >= 0.3 is 5.97 Å². The number of nitrogens with two attached hydrogens (primary N) is 1. The molecule has 0 saturated heterocycles. The molecule has 106 valence electrons. The van der Waals surface area contributed by atoms with E-state index in [1.807, 2.05) is 28.8 Å². The number of methoxy groups -OCH3 is 1. The number of rotatable bonds is 3. The minimum Gasteiger partial charge on any atom is -0.468 e. The molecule has 1 atom stereocenters. The molecule has 5 nitrogen and oxygen atoms in total. The second-order valence-corrected chi connectivity index (χ2v) is 4.27. The molecule has 0 aliphatic carbocycles. The van der Waals surface area contributed by atoms with E-state index in [2.05, 4.69) is 9.72 Å². The van der Waals surface area contributed by atoms with Gasteiger partial charge in [-0.1, -0.05) is 12.1 Å². The summed E-state index contributed by atoms with van der Waals surface area (Å²) in [7, 11) is 1.33. The largest absolute Gasteiger partial charge is 0.468 e. The van der Waals surface area contributed by atoms with Crippen LogP contribution in [0.4, 0.5) is 0 Å². The van der Waals surface area contributed by atoms with Crippen LogP contribution < -0.4 is 5.73 Å². The van der Waals surface area contributed by atoms with Gasteiger partial charge < -0.3 is 15.0 Å². The minimum absolute atomic E-state index is 0. The zero-order valence-corrected chi connectivity index (χ0v) is 12.3. The van der Waals surface area contributed by atoms with E-state index in [0.717, 1.165) is 11.0 Å². The van der Waals surface area contributed by atoms with Crippen molar-refractivity contribution in [3.8, 4) is 0 Å². The molecule has 1 unspecified atom stereocenters. The van der Waals surface area contributed by atoms with Crippen LogP contribution in [-0.4, -0.2) is 28.2 Å². The van der Waals surface area contributed by atoms with Crippen molar-refractivity contribution in [1.29, 1.82) is 0 Å². The molecule has 0 saturated carbocycles. The van der Waals surface area contributed by atoms with E-state index >= 15 is 0 Å². The Morgan fingerprint density at radius 1 is 1.42 bits per heavy atom. The number of benzene rings is 1. The number of hydrogen-bond acceptors (Lipinski definition) is 4. The lowest BCUT2D eigenvalue weighted by Gasteiger charge is -2.22. The Bertz CT molecular complexity index is 555. The Hall–Kier alpha value is -1.30. The molecule has 1 aromatic heterocycles. The number of halogens is 2. The van der Waals surface area contributed by atoms with Crippen molar-refractivity contribution >= 4 is 41.8 Å². The van der Waals surface area contributed by atoms with Gasteiger partial charge in [-0.3, -0.25) is 4.79 Å². The summed E-state index contributed by atoms with van der Waals surface area (Å²) in [5.74, 6) is -0.435. The zero-order valence-electron chi connectivity index (χ0n) is 10.7. The quantitative estimate of drug-likeness (QED) is 0.877. The number of nitrogens with zero attached hydrogens (tertiary/aromatic N) is 2. The molecule has 2 N–H and O–H groups in total. The van der Waals surface area contributed by atoms with Crippen molar-refractivity contribution in [1.82, 2.24) is 9.55 Å². The van der Waals surface area contributed by atoms with Gasteiger partial charge in [0.2, 0.25) is 0 Å². The topological polar surface area (TPSA) is 70.1 Å². The predicted molar refractivity (Wildman–Crippen MR) is 78.8 cm³/mol. The molecular weight excluding hydrogens is 289 g/mol. The van der Waals surface area contributed by atoms with Crippen LogP contribution in [0.2, 0.25) is 0 Å². The van der Waals surface area contributed by atoms with Crippen molar-refractivity contribution in [2.24, 2.45) is 5.73 Å². The first-order valence-corrected chi connectivity index (χ1v) is 5.32. The summed E-state index contributed by atoms with van der Waals surface area (Å²) < 4.78 is 6.53. The molecule has 1 aromatic carbocycles. The third kappa shape index (κ3) is 3.59. The summed E-state index contributed by atoms with van der Waals surface area (Å²) in [6, 6.07) is 7.70. The summed E-state index contributed by atoms with van der Waals surface area (Å²) in [4.78, 5) is 15.8. The Morgan fingerprint density at radius 3 is 2.68 bits per heavy atom. The SMILES string of the molecule is COC(=O)C(C)(N)Cn1cnc2ccccc21.Cl.Cl. The zero-order chi connectivity index (χ0) is 12.5. The minimum atomic E-state index is -1.06. The van der Waals surface area contributed by atoms with Gasteiger partial charge in [-0.25, -0.2) is 4.98 Å². The van der Waals surface area contributed by atoms with E-state index < -0.39 is 11.5 Å². The predicted octanol–water partition coefficient (Wildman–Crippen LogP) is 1.77. The third-order valence-electron chi connectivity index (χ3n) is 2.68. The number of para-hydroxylation sites is 2. The van der Waals surface area contributed by atoms with Gasteiger partial charge in [0, 0.05) is 0 Å². The Balaban J connectivity index is 0.00000162. The second-order valence-electron chi connectivity index (χ2n) is 4.27. The van der Waals surface area contributed by atoms with Gasteiger partial charge in [0.25, 0.3) is 0 Å². The van der Waals surface area contributed by atoms with Crippen molar-refractivity contribution in [3.05, 3.63) is 30.6 Å². The van der Waals surface area contributed by atoms with Crippen LogP contribution in [0.1, 0.15) is 6.92 Å². The molecule has 0 aliphatic rings. The van der Waals surface area contributed by atoms with Crippen molar-refractivity contribution < 1.29 is 9.53 Å². The van der Waals surface area contributed by atoms with Crippen molar-refractivity contribution in [2.45, 2.75) is 19.0 Å². The molecule has 1 heterocycles. The number of aromatic nitrogens is 2. The lowest BCUT2D eigenvalue weighted by atomic mass is 10.0. The molecule has 2 aromatic rings. The van der Waals surface area contributed by atoms with E-state index in [9.17, 15) is 4.79 Å². The fourth-order valence-electron chi connectivity index (χ4n) is 1.79. The van der Waals surface area contributed by atoms with E-state index in [-0.39, 0.29) is 24.8 Å². The van der Waals surface area contributed by atoms with Crippen LogP contribution in [0.15, 0.2) is 30.6 Å². The normalized spacial score (nSPS) is 13.0. The lowest BCUT2D eigenvalue weighted by Crippen LogP contribution is -2.49. The number of fused-ring (bicyclic) bond motifs is 1. The summed E-state index contributed by atoms with van der Waals surface area (Å²) in [5.41, 5.74) is 6.71. The smallest absolute Gasteiger partial charge is 0.327 e. The first-order chi connectivity index (χ1) is 8.04. The highest BCUT2D eigenvalue weighted by atomic mass is 35.5. The van der Waals surface area contributed by atoms with Crippen LogP contribution >= 0.6 is 24.8 Å². The van der Waals surface area contributed by atoms with E-state index in [4.69, 9.17) is 5.73 Å². The first-order valence-electron chi connectivity index (χ1n) is 5.32. The fourth-order valence-corrected chi connectivity index (χ4v) is 1.79. The third-order valence-corrected chi connectivity index (χ3v) is 2.68. The second kappa shape index (κ2) is 6.75. The molecule has 0 radical (unpaired) electrons. The molecule has 0 bridgehead atoms. The number of hydrogen-bond donors (Lipinski definition) is 1. The molecular formula is C12H17Cl2N3O2. The number of ether oxygens (including phenoxy) is 1. The molecule has 2 rings (SSSR count). The molecule has 0 aliphatic heterocycles. The summed E-state index contributed by atoms with van der Waals surface area (Å²) in [6.45, 7) is 1.98. The van der Waals surface area contributed by atoms with Gasteiger partial charge in [-0.2, -0.15) is 0 Å². The maximum atomic E-state index is 11.5. The first kappa shape index (κ1) is 17.7. The number of imidazole rings is 1. The van der Waals surface area contributed by atoms with Crippen LogP contribution in [-0.2, 0) is 16.1 Å². The Kier molecular flexibility index (Phi) is 6.29. The molecule has 19 heavy (non-hydrogen) atoms. The average molecular weight is 306 g/mol. The molecule has 7 heteroatoms. The Morgan fingerprint density at radius 2 is 2.05 bits per heavy atom. The van der Waals surface area contributed by atoms with E-state index in [0.29, 0.717) is 6.54 Å². The van der Waals surface area contributed by atoms with E-state index in [1.54, 1.807) is 13.3 Å². The highest BCUT2D eigenvalue weighted by Gasteiger charge is 2.30. The van der Waals surface area contributed by atoms with Gasteiger partial charge in [0.05, 0.1) is 31.0 Å². The maximum absolute atomic E-state index is 11.5. The van der Waals surface area contributed by atoms with Crippen LogP contribution in [0.25, 0.3) is 11.0 Å². The fraction of sp³-hybridized carbons (Fsp3) is 0.333. The standard InChI is InChI=1S/C12H15N3O2.2ClH/c1-12(13,11(16)17-2)7-15-8-14-9-5-3-4-6-10(9)15;;/h3-6,8H,7,13H2,1-2H3;2*1H. The van der Waals surface area contributed by atoms with Crippen molar-refractivity contribution in [2.75, 3.05) is 7.11 Å². The number of carbonyl (C=O) groups excluding carboxylic acids is 1. The van der Waals surface area contributed by atoms with Gasteiger partial charge in [-0.05, 0) is 19.1 Å². The van der Waals surface area contributed by atoms with E-state index in [1.165, 1.54) is 7.11 Å². The summed E-state index contributed by atoms with van der Waals surface area (Å²) >= 11 is 0. The molecule has 0 amide bonds. The van der Waals surface area contributed by atoms with Crippen LogP contribution in [0, 0.1) is 0 Å². The Labute approximate surface area is 123 Å². The van der Waals surface area contributed by atoms with Crippen molar-refractivity contribution in [3.63, 3.8) is 0 Å².